The van der Waals surface area contributed by atoms with Crippen LogP contribution in [0.5, 0.6) is 11.8 Å². The van der Waals surface area contributed by atoms with E-state index in [0.29, 0.717) is 60.4 Å². The van der Waals surface area contributed by atoms with E-state index >= 15 is 0 Å². The molecule has 10 nitrogen and oxygen atoms in total. The molecule has 268 valence electrons. The number of nitrogens with zero attached hydrogens (tertiary/aromatic N) is 5. The first-order chi connectivity index (χ1) is 22.4. The van der Waals surface area contributed by atoms with Crippen LogP contribution in [0.15, 0.2) is 10.5 Å². The first kappa shape index (κ1) is 37.3. The van der Waals surface area contributed by atoms with Crippen LogP contribution in [0.1, 0.15) is 46.5 Å². The van der Waals surface area contributed by atoms with Crippen LogP contribution >= 0.6 is 38.5 Å². The van der Waals surface area contributed by atoms with Crippen LogP contribution in [0.2, 0.25) is 0 Å². The van der Waals surface area contributed by atoms with Gasteiger partial charge in [-0.25, -0.2) is 4.79 Å². The standard InChI is InChI=1S/C31H40BrF5IN5O5/c1-28(2,3)48-27(44)43-16-29(17-43)7-11-42(12-8-29)25-20-15-21(38)22(32)24(46-18-30(33,34)31(35,36)37)23(20)39-26(40-25)47-19-5-9-41(10-6-19)13-14-45-4/h15,19H,5-14,16-18H2,1-4H3. The van der Waals surface area contributed by atoms with Gasteiger partial charge in [-0.05, 0) is 91.0 Å². The molecular weight excluding hydrogens is 824 g/mol. The lowest BCUT2D eigenvalue weighted by Gasteiger charge is -2.53. The second-order valence-electron chi connectivity index (χ2n) is 13.7. The Kier molecular flexibility index (Phi) is 11.1. The highest BCUT2D eigenvalue weighted by Crippen LogP contribution is 2.46. The van der Waals surface area contributed by atoms with Gasteiger partial charge >= 0.3 is 24.2 Å². The fourth-order valence-electron chi connectivity index (χ4n) is 6.16. The summed E-state index contributed by atoms with van der Waals surface area (Å²) in [5.74, 6) is -4.85. The molecule has 1 aromatic carbocycles. The van der Waals surface area contributed by atoms with E-state index in [1.165, 1.54) is 0 Å². The van der Waals surface area contributed by atoms with Crippen LogP contribution in [0.4, 0.5) is 32.6 Å². The molecule has 3 fully saturated rings. The van der Waals surface area contributed by atoms with Crippen molar-refractivity contribution in [1.29, 1.82) is 0 Å². The van der Waals surface area contributed by atoms with Gasteiger partial charge in [0, 0.05) is 67.3 Å². The Labute approximate surface area is 298 Å². The Hall–Kier alpha value is -1.99. The van der Waals surface area contributed by atoms with Gasteiger partial charge in [0.25, 0.3) is 0 Å². The number of benzene rings is 1. The fourth-order valence-corrected chi connectivity index (χ4v) is 7.14. The number of hydrogen-bond acceptors (Lipinski definition) is 9. The minimum atomic E-state index is -5.78. The minimum Gasteiger partial charge on any atom is -0.483 e. The lowest BCUT2D eigenvalue weighted by atomic mass is 9.72. The average molecular weight is 864 g/mol. The summed E-state index contributed by atoms with van der Waals surface area (Å²) in [7, 11) is 1.65. The molecule has 0 aliphatic carbocycles. The number of carbonyl (C=O) groups is 1. The monoisotopic (exact) mass is 863 g/mol. The van der Waals surface area contributed by atoms with Crippen molar-refractivity contribution in [3.63, 3.8) is 0 Å². The number of amides is 1. The predicted octanol–water partition coefficient (Wildman–Crippen LogP) is 6.90. The van der Waals surface area contributed by atoms with Gasteiger partial charge < -0.3 is 33.6 Å². The number of aromatic nitrogens is 2. The van der Waals surface area contributed by atoms with Crippen LogP contribution in [0.25, 0.3) is 10.9 Å². The normalized spacial score (nSPS) is 19.5. The van der Waals surface area contributed by atoms with E-state index < -0.39 is 24.3 Å². The zero-order valence-corrected chi connectivity index (χ0v) is 31.0. The number of ether oxygens (including phenoxy) is 4. The average Bonchev–Trinajstić information content (AvgIpc) is 2.98. The van der Waals surface area contributed by atoms with Gasteiger partial charge in [0.05, 0.1) is 11.1 Å². The van der Waals surface area contributed by atoms with E-state index in [1.54, 1.807) is 18.1 Å². The Balaban J connectivity index is 1.41. The number of likely N-dealkylation sites (tertiary alicyclic amines) is 2. The summed E-state index contributed by atoms with van der Waals surface area (Å²) in [5, 5.41) is 0.439. The molecule has 5 rings (SSSR count). The molecule has 48 heavy (non-hydrogen) atoms. The lowest BCUT2D eigenvalue weighted by Crippen LogP contribution is -2.62. The highest BCUT2D eigenvalue weighted by Gasteiger charge is 2.58. The third-order valence-electron chi connectivity index (χ3n) is 8.86. The maximum absolute atomic E-state index is 14.0. The number of rotatable bonds is 9. The van der Waals surface area contributed by atoms with Crippen molar-refractivity contribution in [2.45, 2.75) is 70.3 Å². The number of carbonyl (C=O) groups excluding carboxylic acids is 1. The van der Waals surface area contributed by atoms with E-state index in [-0.39, 0.29) is 39.4 Å². The summed E-state index contributed by atoms with van der Waals surface area (Å²) in [4.78, 5) is 27.9. The summed E-state index contributed by atoms with van der Waals surface area (Å²) in [6.07, 6.45) is -3.46. The second-order valence-corrected chi connectivity index (χ2v) is 15.6. The van der Waals surface area contributed by atoms with Gasteiger partial charge in [0.15, 0.2) is 12.4 Å². The highest BCUT2D eigenvalue weighted by atomic mass is 127. The predicted molar refractivity (Wildman–Crippen MR) is 180 cm³/mol. The molecule has 0 saturated carbocycles. The molecule has 0 atom stereocenters. The van der Waals surface area contributed by atoms with Crippen molar-refractivity contribution in [3.8, 4) is 11.8 Å². The van der Waals surface area contributed by atoms with Crippen molar-refractivity contribution in [1.82, 2.24) is 19.8 Å². The van der Waals surface area contributed by atoms with Gasteiger partial charge in [0.1, 0.15) is 23.0 Å². The topological polar surface area (TPSA) is 89.5 Å². The molecule has 0 N–H and O–H groups in total. The largest absolute Gasteiger partial charge is 0.483 e. The summed E-state index contributed by atoms with van der Waals surface area (Å²) in [6.45, 7) is 8.81. The fraction of sp³-hybridized carbons (Fsp3) is 0.710. The lowest BCUT2D eigenvalue weighted by molar-refractivity contribution is -0.289. The number of anilines is 1. The van der Waals surface area contributed by atoms with Crippen molar-refractivity contribution >= 4 is 61.3 Å². The Morgan fingerprint density at radius 3 is 2.29 bits per heavy atom. The van der Waals surface area contributed by atoms with Gasteiger partial charge in [0.2, 0.25) is 0 Å². The van der Waals surface area contributed by atoms with Crippen LogP contribution < -0.4 is 14.4 Å². The molecule has 1 aromatic heterocycles. The third-order valence-corrected chi connectivity index (χ3v) is 11.2. The van der Waals surface area contributed by atoms with Gasteiger partial charge in [-0.2, -0.15) is 31.9 Å². The summed E-state index contributed by atoms with van der Waals surface area (Å²) < 4.78 is 90.1. The SMILES string of the molecule is COCCN1CCC(Oc2nc(N3CCC4(CC3)CN(C(=O)OC(C)(C)C)C4)c3cc(I)c(Br)c(OCC(F)(F)C(F)(F)F)c3n2)CC1. The maximum atomic E-state index is 14.0. The van der Waals surface area contributed by atoms with E-state index in [4.69, 9.17) is 23.9 Å². The number of fused-ring (bicyclic) bond motifs is 1. The molecule has 2 aromatic rings. The Bertz CT molecular complexity index is 1470. The molecule has 0 bridgehead atoms. The van der Waals surface area contributed by atoms with Gasteiger partial charge in [-0.15, -0.1) is 0 Å². The quantitative estimate of drug-likeness (QED) is 0.198. The summed E-state index contributed by atoms with van der Waals surface area (Å²) >= 11 is 5.29. The van der Waals surface area contributed by atoms with Crippen molar-refractivity contribution < 1.29 is 45.7 Å². The van der Waals surface area contributed by atoms with E-state index in [2.05, 4.69) is 25.8 Å². The Morgan fingerprint density at radius 2 is 1.71 bits per heavy atom. The van der Waals surface area contributed by atoms with Gasteiger partial charge in [-0.1, -0.05) is 0 Å². The number of alkyl halides is 5. The molecule has 1 amide bonds. The van der Waals surface area contributed by atoms with Gasteiger partial charge in [-0.3, -0.25) is 0 Å². The molecule has 3 aliphatic heterocycles. The number of piperidine rings is 2. The molecule has 0 radical (unpaired) electrons. The van der Waals surface area contributed by atoms with E-state index in [9.17, 15) is 26.7 Å². The van der Waals surface area contributed by atoms with Crippen molar-refractivity contribution in [3.05, 3.63) is 14.1 Å². The first-order valence-corrected chi connectivity index (χ1v) is 17.7. The third kappa shape index (κ3) is 8.48. The number of halogens is 7. The zero-order chi connectivity index (χ0) is 35.1. The van der Waals surface area contributed by atoms with Crippen LogP contribution in [-0.2, 0) is 9.47 Å². The second kappa shape index (κ2) is 14.3. The minimum absolute atomic E-state index is 0.00610. The first-order valence-electron chi connectivity index (χ1n) is 15.8. The number of hydrogen-bond donors (Lipinski definition) is 0. The van der Waals surface area contributed by atoms with E-state index in [0.717, 1.165) is 32.5 Å². The van der Waals surface area contributed by atoms with Crippen molar-refractivity contribution in [2.24, 2.45) is 5.41 Å². The van der Waals surface area contributed by atoms with Crippen LogP contribution in [-0.4, -0.2) is 116 Å². The summed E-state index contributed by atoms with van der Waals surface area (Å²) in [6, 6.07) is 1.74. The molecule has 17 heteroatoms. The molecular formula is C31H40BrF5IN5O5. The molecule has 4 heterocycles. The Morgan fingerprint density at radius 1 is 1.06 bits per heavy atom. The zero-order valence-electron chi connectivity index (χ0n) is 27.3. The summed E-state index contributed by atoms with van der Waals surface area (Å²) in [5.41, 5.74) is -0.588. The molecule has 1 spiro atoms. The maximum Gasteiger partial charge on any atom is 0.456 e. The smallest absolute Gasteiger partial charge is 0.456 e. The van der Waals surface area contributed by atoms with E-state index in [1.807, 2.05) is 48.3 Å². The number of methoxy groups -OCH3 is 1. The highest BCUT2D eigenvalue weighted by molar-refractivity contribution is 14.1. The van der Waals surface area contributed by atoms with Crippen LogP contribution in [0.3, 0.4) is 0 Å². The molecule has 0 unspecified atom stereocenters. The van der Waals surface area contributed by atoms with Crippen LogP contribution in [0, 0.1) is 8.99 Å². The molecule has 3 aliphatic rings. The molecule has 3 saturated heterocycles. The van der Waals surface area contributed by atoms with Crippen molar-refractivity contribution in [2.75, 3.05) is 71.0 Å².